The molecule has 8 heteroatoms. The molecule has 3 rings (SSSR count). The molecule has 1 fully saturated rings. The minimum absolute atomic E-state index is 0.0505. The van der Waals surface area contributed by atoms with Crippen LogP contribution in [0.25, 0.3) is 10.9 Å². The van der Waals surface area contributed by atoms with Gasteiger partial charge >= 0.3 is 6.18 Å². The first-order valence-corrected chi connectivity index (χ1v) is 7.35. The lowest BCUT2D eigenvalue weighted by molar-refractivity contribution is -0.233. The molecule has 2 heterocycles. The van der Waals surface area contributed by atoms with Gasteiger partial charge in [0.15, 0.2) is 6.10 Å². The van der Waals surface area contributed by atoms with Crippen molar-refractivity contribution < 1.29 is 22.7 Å². The van der Waals surface area contributed by atoms with E-state index in [4.69, 9.17) is 4.74 Å². The molecule has 0 spiro atoms. The SMILES string of the molecule is Cn1c(=O)cc(C(=O)N2CCO[C@H](C(F)(F)F)C2)c2ccccc21. The molecule has 1 amide bonds. The fourth-order valence-corrected chi connectivity index (χ4v) is 2.79. The third-order valence-corrected chi connectivity index (χ3v) is 4.10. The number of rotatable bonds is 1. The maximum absolute atomic E-state index is 12.8. The highest BCUT2D eigenvalue weighted by molar-refractivity contribution is 6.06. The summed E-state index contributed by atoms with van der Waals surface area (Å²) in [5, 5.41) is 0.527. The summed E-state index contributed by atoms with van der Waals surface area (Å²) >= 11 is 0. The molecule has 0 radical (unpaired) electrons. The molecule has 1 aliphatic heterocycles. The summed E-state index contributed by atoms with van der Waals surface area (Å²) in [7, 11) is 1.58. The molecule has 1 atom stereocenters. The van der Waals surface area contributed by atoms with E-state index in [9.17, 15) is 22.8 Å². The lowest BCUT2D eigenvalue weighted by Gasteiger charge is -2.34. The predicted molar refractivity (Wildman–Crippen MR) is 80.9 cm³/mol. The number of alkyl halides is 3. The number of fused-ring (bicyclic) bond motifs is 1. The largest absolute Gasteiger partial charge is 0.416 e. The van der Waals surface area contributed by atoms with Crippen molar-refractivity contribution in [3.63, 3.8) is 0 Å². The molecule has 0 N–H and O–H groups in total. The molecule has 1 aliphatic rings. The summed E-state index contributed by atoms with van der Waals surface area (Å²) in [4.78, 5) is 25.8. The Labute approximate surface area is 135 Å². The van der Waals surface area contributed by atoms with Crippen LogP contribution in [0.1, 0.15) is 10.4 Å². The number of hydrogen-bond acceptors (Lipinski definition) is 3. The number of benzene rings is 1. The zero-order valence-corrected chi connectivity index (χ0v) is 12.8. The Morgan fingerprint density at radius 1 is 1.29 bits per heavy atom. The number of morpholine rings is 1. The number of amides is 1. The molecule has 5 nitrogen and oxygen atoms in total. The molecule has 24 heavy (non-hydrogen) atoms. The molecule has 1 saturated heterocycles. The summed E-state index contributed by atoms with van der Waals surface area (Å²) in [6.45, 7) is -0.723. The van der Waals surface area contributed by atoms with E-state index in [0.29, 0.717) is 10.9 Å². The van der Waals surface area contributed by atoms with Crippen LogP contribution in [0, 0.1) is 0 Å². The van der Waals surface area contributed by atoms with Crippen molar-refractivity contribution in [3.05, 3.63) is 46.2 Å². The Bertz CT molecular complexity index is 845. The Morgan fingerprint density at radius 2 is 2.00 bits per heavy atom. The van der Waals surface area contributed by atoms with Crippen molar-refractivity contribution >= 4 is 16.8 Å². The molecule has 128 valence electrons. The number of carbonyl (C=O) groups is 1. The average Bonchev–Trinajstić information content (AvgIpc) is 2.57. The van der Waals surface area contributed by atoms with Crippen molar-refractivity contribution in [1.29, 1.82) is 0 Å². The molecule has 0 saturated carbocycles. The average molecular weight is 340 g/mol. The topological polar surface area (TPSA) is 51.5 Å². The number of pyridine rings is 1. The van der Waals surface area contributed by atoms with Crippen molar-refractivity contribution in [3.8, 4) is 0 Å². The summed E-state index contributed by atoms with van der Waals surface area (Å²) in [6, 6.07) is 7.96. The number of aromatic nitrogens is 1. The minimum Gasteiger partial charge on any atom is -0.365 e. The van der Waals surface area contributed by atoms with E-state index in [1.54, 1.807) is 31.3 Å². The molecule has 0 unspecified atom stereocenters. The van der Waals surface area contributed by atoms with E-state index in [-0.39, 0.29) is 18.7 Å². The van der Waals surface area contributed by atoms with Crippen LogP contribution in [0.2, 0.25) is 0 Å². The monoisotopic (exact) mass is 340 g/mol. The van der Waals surface area contributed by atoms with Crippen LogP contribution in [-0.4, -0.2) is 47.4 Å². The summed E-state index contributed by atoms with van der Waals surface area (Å²) in [5.74, 6) is -0.596. The van der Waals surface area contributed by atoms with Crippen LogP contribution in [-0.2, 0) is 11.8 Å². The van der Waals surface area contributed by atoms with Gasteiger partial charge in [-0.15, -0.1) is 0 Å². The summed E-state index contributed by atoms with van der Waals surface area (Å²) in [6.07, 6.45) is -6.54. The summed E-state index contributed by atoms with van der Waals surface area (Å²) in [5.41, 5.74) is 0.267. The van der Waals surface area contributed by atoms with Crippen molar-refractivity contribution in [1.82, 2.24) is 9.47 Å². The van der Waals surface area contributed by atoms with Gasteiger partial charge < -0.3 is 14.2 Å². The number of aryl methyl sites for hydroxylation is 1. The lowest BCUT2D eigenvalue weighted by Crippen LogP contribution is -2.51. The fraction of sp³-hybridized carbons (Fsp3) is 0.375. The van der Waals surface area contributed by atoms with Crippen LogP contribution in [0.5, 0.6) is 0 Å². The standard InChI is InChI=1S/C16H15F3N2O3/c1-20-12-5-3-2-4-10(12)11(8-14(20)22)15(23)21-6-7-24-13(9-21)16(17,18)19/h2-5,8,13H,6-7,9H2,1H3/t13-/m0/s1. The quantitative estimate of drug-likeness (QED) is 0.797. The second kappa shape index (κ2) is 5.94. The molecule has 2 aromatic rings. The third-order valence-electron chi connectivity index (χ3n) is 4.10. The van der Waals surface area contributed by atoms with E-state index in [1.807, 2.05) is 0 Å². The second-order valence-electron chi connectivity index (χ2n) is 5.62. The van der Waals surface area contributed by atoms with Gasteiger partial charge in [-0.3, -0.25) is 9.59 Å². The third kappa shape index (κ3) is 2.89. The highest BCUT2D eigenvalue weighted by Gasteiger charge is 2.44. The Morgan fingerprint density at radius 3 is 2.71 bits per heavy atom. The molecular formula is C16H15F3N2O3. The Hall–Kier alpha value is -2.35. The second-order valence-corrected chi connectivity index (χ2v) is 5.62. The van der Waals surface area contributed by atoms with E-state index >= 15 is 0 Å². The van der Waals surface area contributed by atoms with E-state index < -0.39 is 30.3 Å². The molecular weight excluding hydrogens is 325 g/mol. The molecule has 1 aromatic heterocycles. The van der Waals surface area contributed by atoms with Gasteiger partial charge in [0.1, 0.15) is 0 Å². The molecule has 0 aliphatic carbocycles. The van der Waals surface area contributed by atoms with Gasteiger partial charge in [0.2, 0.25) is 0 Å². The van der Waals surface area contributed by atoms with Gasteiger partial charge in [-0.2, -0.15) is 13.2 Å². The van der Waals surface area contributed by atoms with Crippen LogP contribution in [0.15, 0.2) is 35.1 Å². The number of halogens is 3. The van der Waals surface area contributed by atoms with Gasteiger partial charge in [0.05, 0.1) is 24.2 Å². The highest BCUT2D eigenvalue weighted by atomic mass is 19.4. The van der Waals surface area contributed by atoms with Gasteiger partial charge in [-0.1, -0.05) is 18.2 Å². The normalized spacial score (nSPS) is 18.8. The van der Waals surface area contributed by atoms with Gasteiger partial charge in [-0.05, 0) is 6.07 Å². The first kappa shape index (κ1) is 16.5. The van der Waals surface area contributed by atoms with Crippen molar-refractivity contribution in [2.75, 3.05) is 19.7 Å². The number of ether oxygens (including phenoxy) is 1. The van der Waals surface area contributed by atoms with E-state index in [0.717, 1.165) is 4.90 Å². The maximum atomic E-state index is 12.8. The number of para-hydroxylation sites is 1. The number of hydrogen-bond donors (Lipinski definition) is 0. The van der Waals surface area contributed by atoms with Crippen molar-refractivity contribution in [2.24, 2.45) is 7.05 Å². The predicted octanol–water partition coefficient (Wildman–Crippen LogP) is 1.94. The van der Waals surface area contributed by atoms with Gasteiger partial charge in [-0.25, -0.2) is 0 Å². The lowest BCUT2D eigenvalue weighted by atomic mass is 10.1. The molecule has 0 bridgehead atoms. The Kier molecular flexibility index (Phi) is 4.08. The fourth-order valence-electron chi connectivity index (χ4n) is 2.79. The van der Waals surface area contributed by atoms with E-state index in [1.165, 1.54) is 10.6 Å². The van der Waals surface area contributed by atoms with Crippen molar-refractivity contribution in [2.45, 2.75) is 12.3 Å². The Balaban J connectivity index is 2.00. The summed E-state index contributed by atoms with van der Waals surface area (Å²) < 4.78 is 44.6. The minimum atomic E-state index is -4.53. The highest BCUT2D eigenvalue weighted by Crippen LogP contribution is 2.27. The van der Waals surface area contributed by atoms with Crippen LogP contribution >= 0.6 is 0 Å². The van der Waals surface area contributed by atoms with E-state index in [2.05, 4.69) is 0 Å². The van der Waals surface area contributed by atoms with Gasteiger partial charge in [0.25, 0.3) is 11.5 Å². The van der Waals surface area contributed by atoms with Crippen LogP contribution in [0.4, 0.5) is 13.2 Å². The molecule has 1 aromatic carbocycles. The first-order chi connectivity index (χ1) is 11.3. The first-order valence-electron chi connectivity index (χ1n) is 7.35. The number of nitrogens with zero attached hydrogens (tertiary/aromatic N) is 2. The smallest absolute Gasteiger partial charge is 0.365 e. The van der Waals surface area contributed by atoms with Crippen LogP contribution < -0.4 is 5.56 Å². The van der Waals surface area contributed by atoms with Gasteiger partial charge in [0, 0.05) is 25.0 Å². The van der Waals surface area contributed by atoms with Crippen LogP contribution in [0.3, 0.4) is 0 Å². The maximum Gasteiger partial charge on any atom is 0.416 e. The zero-order valence-electron chi connectivity index (χ0n) is 12.8. The number of carbonyl (C=O) groups excluding carboxylic acids is 1. The zero-order chi connectivity index (χ0) is 17.5.